The first kappa shape index (κ1) is 11.6. The maximum Gasteiger partial charge on any atom is 0.308 e. The van der Waals surface area contributed by atoms with Gasteiger partial charge in [-0.25, -0.2) is 8.78 Å². The molecule has 5 heteroatoms. The van der Waals surface area contributed by atoms with Gasteiger partial charge < -0.3 is 9.84 Å². The van der Waals surface area contributed by atoms with Gasteiger partial charge in [0.05, 0.1) is 19.6 Å². The molecule has 3 nitrogen and oxygen atoms in total. The monoisotopic (exact) mass is 216 g/mol. The Morgan fingerprint density at radius 3 is 2.80 bits per heavy atom. The molecule has 1 N–H and O–H groups in total. The fourth-order valence-corrected chi connectivity index (χ4v) is 1.12. The van der Waals surface area contributed by atoms with Gasteiger partial charge in [-0.3, -0.25) is 4.79 Å². The summed E-state index contributed by atoms with van der Waals surface area (Å²) >= 11 is 0. The largest absolute Gasteiger partial charge is 0.469 e. The highest BCUT2D eigenvalue weighted by atomic mass is 19.1. The molecule has 0 aliphatic heterocycles. The first-order chi connectivity index (χ1) is 7.04. The molecule has 82 valence electrons. The fraction of sp³-hybridized carbons (Fsp3) is 0.300. The van der Waals surface area contributed by atoms with Gasteiger partial charge in [0, 0.05) is 5.56 Å². The van der Waals surface area contributed by atoms with E-state index in [0.717, 1.165) is 25.3 Å². The normalized spacial score (nSPS) is 12.3. The predicted octanol–water partition coefficient (Wildman–Crippen LogP) is 1.56. The van der Waals surface area contributed by atoms with Gasteiger partial charge in [0.1, 0.15) is 11.6 Å². The van der Waals surface area contributed by atoms with E-state index in [0.29, 0.717) is 0 Å². The van der Waals surface area contributed by atoms with E-state index in [9.17, 15) is 18.7 Å². The van der Waals surface area contributed by atoms with Crippen LogP contribution in [-0.2, 0) is 9.53 Å². The van der Waals surface area contributed by atoms with Crippen LogP contribution in [0.15, 0.2) is 18.2 Å². The number of aliphatic hydroxyl groups excluding tert-OH is 1. The molecular formula is C10H10F2O3. The minimum Gasteiger partial charge on any atom is -0.469 e. The lowest BCUT2D eigenvalue weighted by atomic mass is 10.1. The van der Waals surface area contributed by atoms with Crippen molar-refractivity contribution in [3.8, 4) is 0 Å². The van der Waals surface area contributed by atoms with Crippen molar-refractivity contribution in [1.82, 2.24) is 0 Å². The summed E-state index contributed by atoms with van der Waals surface area (Å²) in [6, 6.07) is 2.68. The molecule has 0 aliphatic carbocycles. The van der Waals surface area contributed by atoms with Crippen LogP contribution in [0, 0.1) is 11.6 Å². The maximum atomic E-state index is 13.1. The van der Waals surface area contributed by atoms with Crippen LogP contribution in [-0.4, -0.2) is 18.2 Å². The maximum absolute atomic E-state index is 13.1. The molecule has 0 spiro atoms. The molecule has 1 rings (SSSR count). The Balaban J connectivity index is 2.85. The minimum absolute atomic E-state index is 0.250. The van der Waals surface area contributed by atoms with Crippen molar-refractivity contribution >= 4 is 5.97 Å². The highest BCUT2D eigenvalue weighted by Gasteiger charge is 2.17. The van der Waals surface area contributed by atoms with Gasteiger partial charge in [0.15, 0.2) is 0 Å². The molecule has 0 saturated carbocycles. The van der Waals surface area contributed by atoms with E-state index >= 15 is 0 Å². The number of benzene rings is 1. The summed E-state index contributed by atoms with van der Waals surface area (Å²) in [7, 11) is 1.15. The Kier molecular flexibility index (Phi) is 3.74. The molecule has 0 aliphatic rings. The van der Waals surface area contributed by atoms with Crippen LogP contribution in [0.4, 0.5) is 8.78 Å². The van der Waals surface area contributed by atoms with E-state index in [1.54, 1.807) is 0 Å². The lowest BCUT2D eigenvalue weighted by Gasteiger charge is -2.10. The van der Waals surface area contributed by atoms with Crippen LogP contribution < -0.4 is 0 Å². The van der Waals surface area contributed by atoms with Crippen LogP contribution in [0.25, 0.3) is 0 Å². The number of carbonyl (C=O) groups excluding carboxylic acids is 1. The van der Waals surface area contributed by atoms with E-state index in [4.69, 9.17) is 0 Å². The zero-order valence-corrected chi connectivity index (χ0v) is 8.04. The van der Waals surface area contributed by atoms with Gasteiger partial charge in [-0.15, -0.1) is 0 Å². The van der Waals surface area contributed by atoms with Gasteiger partial charge in [-0.2, -0.15) is 0 Å². The summed E-state index contributed by atoms with van der Waals surface area (Å²) in [5.74, 6) is -2.12. The number of carbonyl (C=O) groups is 1. The molecule has 0 saturated heterocycles. The number of aliphatic hydroxyl groups is 1. The summed E-state index contributed by atoms with van der Waals surface area (Å²) < 4.78 is 30.1. The Hall–Kier alpha value is -1.49. The summed E-state index contributed by atoms with van der Waals surface area (Å²) in [5, 5.41) is 9.42. The molecule has 1 atom stereocenters. The van der Waals surface area contributed by atoms with Crippen LogP contribution in [0.3, 0.4) is 0 Å². The molecular weight excluding hydrogens is 206 g/mol. The van der Waals surface area contributed by atoms with Crippen molar-refractivity contribution in [2.45, 2.75) is 12.5 Å². The number of hydrogen-bond donors (Lipinski definition) is 1. The van der Waals surface area contributed by atoms with Crippen LogP contribution in [0.2, 0.25) is 0 Å². The van der Waals surface area contributed by atoms with Crippen molar-refractivity contribution in [2.24, 2.45) is 0 Å². The summed E-state index contributed by atoms with van der Waals surface area (Å²) in [6.45, 7) is 0. The predicted molar refractivity (Wildman–Crippen MR) is 48.0 cm³/mol. The third-order valence-electron chi connectivity index (χ3n) is 1.90. The van der Waals surface area contributed by atoms with Crippen molar-refractivity contribution < 1.29 is 23.4 Å². The quantitative estimate of drug-likeness (QED) is 0.780. The molecule has 1 aromatic carbocycles. The Morgan fingerprint density at radius 1 is 1.53 bits per heavy atom. The molecule has 0 aromatic heterocycles. The summed E-state index contributed by atoms with van der Waals surface area (Å²) in [6.07, 6.45) is -1.80. The summed E-state index contributed by atoms with van der Waals surface area (Å²) in [4.78, 5) is 10.8. The molecule has 15 heavy (non-hydrogen) atoms. The smallest absolute Gasteiger partial charge is 0.308 e. The number of hydrogen-bond acceptors (Lipinski definition) is 3. The molecule has 0 radical (unpaired) electrons. The van der Waals surface area contributed by atoms with Gasteiger partial charge in [0.2, 0.25) is 0 Å². The number of methoxy groups -OCH3 is 1. The molecule has 0 bridgehead atoms. The highest BCUT2D eigenvalue weighted by Crippen LogP contribution is 2.21. The third kappa shape index (κ3) is 2.99. The van der Waals surface area contributed by atoms with Gasteiger partial charge in [0.25, 0.3) is 0 Å². The average molecular weight is 216 g/mol. The number of esters is 1. The van der Waals surface area contributed by atoms with Crippen molar-refractivity contribution in [3.05, 3.63) is 35.4 Å². The highest BCUT2D eigenvalue weighted by molar-refractivity contribution is 5.70. The summed E-state index contributed by atoms with van der Waals surface area (Å²) in [5.41, 5.74) is -0.250. The SMILES string of the molecule is COC(=O)CC(O)c1cc(F)ccc1F. The van der Waals surface area contributed by atoms with Crippen LogP contribution in [0.1, 0.15) is 18.1 Å². The minimum atomic E-state index is -1.40. The number of rotatable bonds is 3. The lowest BCUT2D eigenvalue weighted by molar-refractivity contribution is -0.142. The molecule has 0 heterocycles. The van der Waals surface area contributed by atoms with Gasteiger partial charge in [-0.05, 0) is 18.2 Å². The third-order valence-corrected chi connectivity index (χ3v) is 1.90. The van der Waals surface area contributed by atoms with E-state index in [2.05, 4.69) is 4.74 Å². The van der Waals surface area contributed by atoms with E-state index in [-0.39, 0.29) is 5.56 Å². The zero-order valence-electron chi connectivity index (χ0n) is 8.04. The van der Waals surface area contributed by atoms with Crippen molar-refractivity contribution in [3.63, 3.8) is 0 Å². The topological polar surface area (TPSA) is 46.5 Å². The molecule has 1 unspecified atom stereocenters. The van der Waals surface area contributed by atoms with Gasteiger partial charge >= 0.3 is 5.97 Å². The second-order valence-electron chi connectivity index (χ2n) is 2.96. The second-order valence-corrected chi connectivity index (χ2v) is 2.96. The Labute approximate surface area is 85.3 Å². The van der Waals surface area contributed by atoms with E-state index in [1.807, 2.05) is 0 Å². The Bertz CT molecular complexity index is 366. The second kappa shape index (κ2) is 4.84. The molecule has 1 aromatic rings. The van der Waals surface area contributed by atoms with Crippen LogP contribution in [0.5, 0.6) is 0 Å². The zero-order chi connectivity index (χ0) is 11.4. The van der Waals surface area contributed by atoms with Crippen LogP contribution >= 0.6 is 0 Å². The number of halogens is 2. The molecule has 0 fully saturated rings. The van der Waals surface area contributed by atoms with Crippen molar-refractivity contribution in [2.75, 3.05) is 7.11 Å². The average Bonchev–Trinajstić information content (AvgIpc) is 2.21. The Morgan fingerprint density at radius 2 is 2.20 bits per heavy atom. The standard InChI is InChI=1S/C10H10F2O3/c1-15-10(14)5-9(13)7-4-6(11)2-3-8(7)12/h2-4,9,13H,5H2,1H3. The first-order valence-corrected chi connectivity index (χ1v) is 4.24. The fourth-order valence-electron chi connectivity index (χ4n) is 1.12. The lowest BCUT2D eigenvalue weighted by Crippen LogP contribution is -2.09. The number of ether oxygens (including phenoxy) is 1. The van der Waals surface area contributed by atoms with Gasteiger partial charge in [-0.1, -0.05) is 0 Å². The first-order valence-electron chi connectivity index (χ1n) is 4.24. The van der Waals surface area contributed by atoms with E-state index in [1.165, 1.54) is 0 Å². The molecule has 0 amide bonds. The van der Waals surface area contributed by atoms with Crippen molar-refractivity contribution in [1.29, 1.82) is 0 Å². The van der Waals surface area contributed by atoms with E-state index < -0.39 is 30.1 Å².